The number of benzene rings is 1. The molecule has 2 unspecified atom stereocenters. The molecule has 0 radical (unpaired) electrons. The molecule has 7 heteroatoms. The highest BCUT2D eigenvalue weighted by Crippen LogP contribution is 2.33. The largest absolute Gasteiger partial charge is 0.454 e. The number of ether oxygens (including phenoxy) is 3. The Morgan fingerprint density at radius 1 is 0.960 bits per heavy atom. The van der Waals surface area contributed by atoms with E-state index in [1.165, 1.54) is 0 Å². The van der Waals surface area contributed by atoms with E-state index in [1.807, 2.05) is 18.7 Å². The lowest BCUT2D eigenvalue weighted by molar-refractivity contribution is -0.151. The lowest BCUT2D eigenvalue weighted by Gasteiger charge is -2.43. The van der Waals surface area contributed by atoms with Gasteiger partial charge < -0.3 is 24.0 Å². The lowest BCUT2D eigenvalue weighted by Crippen LogP contribution is -2.59. The Morgan fingerprint density at radius 2 is 1.64 bits per heavy atom. The molecule has 134 valence electrons. The first-order valence-electron chi connectivity index (χ1n) is 8.64. The number of carbonyl (C=O) groups is 2. The average molecular weight is 346 g/mol. The Morgan fingerprint density at radius 3 is 2.36 bits per heavy atom. The van der Waals surface area contributed by atoms with Gasteiger partial charge in [0.25, 0.3) is 5.91 Å². The number of fused-ring (bicyclic) bond motifs is 1. The zero-order valence-electron chi connectivity index (χ0n) is 14.4. The van der Waals surface area contributed by atoms with Crippen LogP contribution < -0.4 is 9.47 Å². The molecule has 25 heavy (non-hydrogen) atoms. The van der Waals surface area contributed by atoms with Crippen molar-refractivity contribution < 1.29 is 23.8 Å². The number of amides is 2. The summed E-state index contributed by atoms with van der Waals surface area (Å²) in [6, 6.07) is 5.18. The van der Waals surface area contributed by atoms with Crippen LogP contribution in [-0.4, -0.2) is 66.8 Å². The first-order valence-corrected chi connectivity index (χ1v) is 8.64. The summed E-state index contributed by atoms with van der Waals surface area (Å²) in [5, 5.41) is 0. The molecule has 0 spiro atoms. The third-order valence-corrected chi connectivity index (χ3v) is 4.87. The predicted molar refractivity (Wildman–Crippen MR) is 88.5 cm³/mol. The lowest BCUT2D eigenvalue weighted by atomic mass is 9.96. The van der Waals surface area contributed by atoms with E-state index >= 15 is 0 Å². The van der Waals surface area contributed by atoms with Crippen LogP contribution in [0.25, 0.3) is 0 Å². The fourth-order valence-electron chi connectivity index (χ4n) is 3.63. The fourth-order valence-corrected chi connectivity index (χ4v) is 3.63. The molecule has 0 N–H and O–H groups in total. The molecule has 2 fully saturated rings. The first kappa shape index (κ1) is 16.2. The molecule has 0 aromatic heterocycles. The highest BCUT2D eigenvalue weighted by atomic mass is 16.7. The third kappa shape index (κ3) is 3.04. The topological polar surface area (TPSA) is 68.3 Å². The van der Waals surface area contributed by atoms with Gasteiger partial charge in [0, 0.05) is 31.7 Å². The Balaban J connectivity index is 1.35. The SMILES string of the molecule is CC1CN(C(=O)C2CN(C(=O)c3ccc4c(c3)OCO4)C2)CC(C)O1. The number of carbonyl (C=O) groups excluding carboxylic acids is 2. The zero-order chi connectivity index (χ0) is 17.6. The molecular weight excluding hydrogens is 324 g/mol. The predicted octanol–water partition coefficient (Wildman–Crippen LogP) is 1.12. The van der Waals surface area contributed by atoms with Crippen molar-refractivity contribution in [1.82, 2.24) is 9.80 Å². The molecule has 4 rings (SSSR count). The van der Waals surface area contributed by atoms with E-state index in [0.29, 0.717) is 43.2 Å². The van der Waals surface area contributed by atoms with Crippen LogP contribution >= 0.6 is 0 Å². The molecule has 3 heterocycles. The van der Waals surface area contributed by atoms with Crippen LogP contribution in [0.15, 0.2) is 18.2 Å². The van der Waals surface area contributed by atoms with Crippen molar-refractivity contribution >= 4 is 11.8 Å². The summed E-state index contributed by atoms with van der Waals surface area (Å²) in [6.45, 7) is 6.31. The molecule has 0 bridgehead atoms. The van der Waals surface area contributed by atoms with Crippen molar-refractivity contribution in [1.29, 1.82) is 0 Å². The van der Waals surface area contributed by atoms with E-state index in [1.54, 1.807) is 23.1 Å². The van der Waals surface area contributed by atoms with Gasteiger partial charge in [-0.05, 0) is 32.0 Å². The number of morpholine rings is 1. The highest BCUT2D eigenvalue weighted by Gasteiger charge is 2.40. The second-order valence-electron chi connectivity index (χ2n) is 6.98. The Hall–Kier alpha value is -2.28. The van der Waals surface area contributed by atoms with Gasteiger partial charge in [-0.3, -0.25) is 9.59 Å². The number of rotatable bonds is 2. The number of nitrogens with zero attached hydrogens (tertiary/aromatic N) is 2. The van der Waals surface area contributed by atoms with Crippen LogP contribution in [0, 0.1) is 5.92 Å². The third-order valence-electron chi connectivity index (χ3n) is 4.87. The first-order chi connectivity index (χ1) is 12.0. The van der Waals surface area contributed by atoms with Crippen molar-refractivity contribution in [2.45, 2.75) is 26.1 Å². The molecule has 1 aromatic rings. The van der Waals surface area contributed by atoms with E-state index in [4.69, 9.17) is 14.2 Å². The monoisotopic (exact) mass is 346 g/mol. The van der Waals surface area contributed by atoms with Gasteiger partial charge in [-0.15, -0.1) is 0 Å². The standard InChI is InChI=1S/C18H22N2O5/c1-11-6-19(7-12(2)25-11)18(22)14-8-20(9-14)17(21)13-3-4-15-16(5-13)24-10-23-15/h3-5,11-12,14H,6-10H2,1-2H3. The maximum Gasteiger partial charge on any atom is 0.254 e. The van der Waals surface area contributed by atoms with Crippen molar-refractivity contribution in [3.8, 4) is 11.5 Å². The summed E-state index contributed by atoms with van der Waals surface area (Å²) in [7, 11) is 0. The van der Waals surface area contributed by atoms with Crippen LogP contribution in [0.5, 0.6) is 11.5 Å². The second-order valence-corrected chi connectivity index (χ2v) is 6.98. The van der Waals surface area contributed by atoms with Crippen LogP contribution in [-0.2, 0) is 9.53 Å². The van der Waals surface area contributed by atoms with Crippen LogP contribution in [0.1, 0.15) is 24.2 Å². The molecule has 0 saturated carbocycles. The quantitative estimate of drug-likeness (QED) is 0.803. The van der Waals surface area contributed by atoms with Crippen molar-refractivity contribution in [3.05, 3.63) is 23.8 Å². The van der Waals surface area contributed by atoms with Gasteiger partial charge >= 0.3 is 0 Å². The minimum absolute atomic E-state index is 0.0548. The molecule has 2 saturated heterocycles. The van der Waals surface area contributed by atoms with Gasteiger partial charge in [0.2, 0.25) is 12.7 Å². The number of hydrogen-bond acceptors (Lipinski definition) is 5. The molecular formula is C18H22N2O5. The van der Waals surface area contributed by atoms with Crippen molar-refractivity contribution in [2.75, 3.05) is 33.0 Å². The van der Waals surface area contributed by atoms with Crippen molar-refractivity contribution in [3.63, 3.8) is 0 Å². The summed E-state index contributed by atoms with van der Waals surface area (Å²) in [4.78, 5) is 28.8. The van der Waals surface area contributed by atoms with Gasteiger partial charge in [0.05, 0.1) is 18.1 Å². The van der Waals surface area contributed by atoms with Gasteiger partial charge in [-0.25, -0.2) is 0 Å². The van der Waals surface area contributed by atoms with Gasteiger partial charge in [-0.1, -0.05) is 0 Å². The summed E-state index contributed by atoms with van der Waals surface area (Å²) in [5.74, 6) is 1.18. The highest BCUT2D eigenvalue weighted by molar-refractivity contribution is 5.96. The molecule has 2 amide bonds. The summed E-state index contributed by atoms with van der Waals surface area (Å²) >= 11 is 0. The number of likely N-dealkylation sites (tertiary alicyclic amines) is 1. The van der Waals surface area contributed by atoms with E-state index in [2.05, 4.69) is 0 Å². The Kier molecular flexibility index (Phi) is 4.03. The number of hydrogen-bond donors (Lipinski definition) is 0. The van der Waals surface area contributed by atoms with E-state index in [-0.39, 0.29) is 36.7 Å². The van der Waals surface area contributed by atoms with Crippen LogP contribution in [0.2, 0.25) is 0 Å². The second kappa shape index (κ2) is 6.22. The summed E-state index contributed by atoms with van der Waals surface area (Å²) in [5.41, 5.74) is 0.559. The maximum atomic E-state index is 12.6. The Labute approximate surface area is 146 Å². The fraction of sp³-hybridized carbons (Fsp3) is 0.556. The smallest absolute Gasteiger partial charge is 0.254 e. The van der Waals surface area contributed by atoms with Crippen molar-refractivity contribution in [2.24, 2.45) is 5.92 Å². The molecule has 1 aromatic carbocycles. The summed E-state index contributed by atoms with van der Waals surface area (Å²) < 4.78 is 16.2. The van der Waals surface area contributed by atoms with E-state index in [0.717, 1.165) is 0 Å². The molecule has 2 atom stereocenters. The van der Waals surface area contributed by atoms with Gasteiger partial charge in [0.15, 0.2) is 11.5 Å². The molecule has 7 nitrogen and oxygen atoms in total. The normalized spacial score (nSPS) is 25.7. The zero-order valence-corrected chi connectivity index (χ0v) is 14.4. The minimum atomic E-state index is -0.115. The molecule has 3 aliphatic rings. The molecule has 0 aliphatic carbocycles. The van der Waals surface area contributed by atoms with Gasteiger partial charge in [-0.2, -0.15) is 0 Å². The van der Waals surface area contributed by atoms with Crippen LogP contribution in [0.4, 0.5) is 0 Å². The summed E-state index contributed by atoms with van der Waals surface area (Å²) in [6.07, 6.45) is 0.110. The Bertz CT molecular complexity index is 691. The molecule has 3 aliphatic heterocycles. The minimum Gasteiger partial charge on any atom is -0.454 e. The van der Waals surface area contributed by atoms with Gasteiger partial charge in [0.1, 0.15) is 0 Å². The average Bonchev–Trinajstić information content (AvgIpc) is 2.99. The van der Waals surface area contributed by atoms with Crippen LogP contribution in [0.3, 0.4) is 0 Å². The maximum absolute atomic E-state index is 12.6. The van der Waals surface area contributed by atoms with E-state index in [9.17, 15) is 9.59 Å². The van der Waals surface area contributed by atoms with E-state index < -0.39 is 0 Å².